The molecule has 2 rings (SSSR count). The molecule has 1 amide bonds. The molecule has 0 unspecified atom stereocenters. The first-order valence-corrected chi connectivity index (χ1v) is 6.26. The summed E-state index contributed by atoms with van der Waals surface area (Å²) in [5.74, 6) is 0.481. The van der Waals surface area contributed by atoms with Crippen LogP contribution in [0.2, 0.25) is 0 Å². The fraction of sp³-hybridized carbons (Fsp3) is 0.154. The average Bonchev–Trinajstić information content (AvgIpc) is 2.85. The third-order valence-electron chi connectivity index (χ3n) is 2.58. The van der Waals surface area contributed by atoms with E-state index in [0.717, 1.165) is 4.47 Å². The highest BCUT2D eigenvalue weighted by molar-refractivity contribution is 9.10. The molecule has 18 heavy (non-hydrogen) atoms. The number of halogens is 1. The Morgan fingerprint density at radius 3 is 2.89 bits per heavy atom. The van der Waals surface area contributed by atoms with Gasteiger partial charge in [-0.05, 0) is 37.3 Å². The zero-order valence-corrected chi connectivity index (χ0v) is 11.4. The molecule has 5 heteroatoms. The van der Waals surface area contributed by atoms with Gasteiger partial charge in [-0.3, -0.25) is 4.79 Å². The minimum absolute atomic E-state index is 0.203. The first-order valence-electron chi connectivity index (χ1n) is 5.47. The first kappa shape index (κ1) is 12.7. The second-order valence-electron chi connectivity index (χ2n) is 3.94. The molecule has 1 atom stereocenters. The quantitative estimate of drug-likeness (QED) is 0.856. The maximum absolute atomic E-state index is 12.1. The molecule has 1 aromatic carbocycles. The van der Waals surface area contributed by atoms with Crippen molar-refractivity contribution in [1.29, 1.82) is 0 Å². The predicted molar refractivity (Wildman–Crippen MR) is 73.1 cm³/mol. The molecule has 2 aromatic rings. The molecular weight excluding hydrogens is 296 g/mol. The Morgan fingerprint density at radius 1 is 1.44 bits per heavy atom. The molecule has 0 aliphatic carbocycles. The van der Waals surface area contributed by atoms with Crippen molar-refractivity contribution in [2.75, 3.05) is 5.73 Å². The highest BCUT2D eigenvalue weighted by Crippen LogP contribution is 2.20. The molecule has 0 saturated heterocycles. The average molecular weight is 309 g/mol. The number of hydrogen-bond acceptors (Lipinski definition) is 3. The zero-order valence-electron chi connectivity index (χ0n) is 9.81. The summed E-state index contributed by atoms with van der Waals surface area (Å²) in [6, 6.07) is 8.57. The van der Waals surface area contributed by atoms with Crippen LogP contribution in [0.25, 0.3) is 0 Å². The number of nitrogen functional groups attached to an aromatic ring is 1. The van der Waals surface area contributed by atoms with Gasteiger partial charge in [-0.25, -0.2) is 0 Å². The fourth-order valence-electron chi connectivity index (χ4n) is 1.61. The van der Waals surface area contributed by atoms with E-state index in [4.69, 9.17) is 10.2 Å². The SMILES string of the molecule is C[C@H](NC(=O)c1cc(Br)ccc1N)c1ccco1. The Labute approximate surface area is 113 Å². The smallest absolute Gasteiger partial charge is 0.253 e. The number of anilines is 1. The van der Waals surface area contributed by atoms with Gasteiger partial charge in [0.15, 0.2) is 0 Å². The van der Waals surface area contributed by atoms with Gasteiger partial charge in [0.25, 0.3) is 5.91 Å². The van der Waals surface area contributed by atoms with Crippen LogP contribution < -0.4 is 11.1 Å². The highest BCUT2D eigenvalue weighted by Gasteiger charge is 2.15. The van der Waals surface area contributed by atoms with Crippen molar-refractivity contribution in [3.8, 4) is 0 Å². The number of carbonyl (C=O) groups excluding carboxylic acids is 1. The van der Waals surface area contributed by atoms with Crippen LogP contribution in [0, 0.1) is 0 Å². The number of amides is 1. The minimum atomic E-state index is -0.224. The Kier molecular flexibility index (Phi) is 3.72. The number of nitrogens with one attached hydrogen (secondary N) is 1. The number of furan rings is 1. The van der Waals surface area contributed by atoms with Gasteiger partial charge in [-0.1, -0.05) is 15.9 Å². The standard InChI is InChI=1S/C13H13BrN2O2/c1-8(12-3-2-6-18-12)16-13(17)10-7-9(14)4-5-11(10)15/h2-8H,15H2,1H3,(H,16,17)/t8-/m0/s1. The van der Waals surface area contributed by atoms with Crippen molar-refractivity contribution in [2.45, 2.75) is 13.0 Å². The van der Waals surface area contributed by atoms with Crippen molar-refractivity contribution in [1.82, 2.24) is 5.32 Å². The maximum atomic E-state index is 12.1. The molecule has 0 bridgehead atoms. The van der Waals surface area contributed by atoms with Crippen LogP contribution >= 0.6 is 15.9 Å². The number of benzene rings is 1. The van der Waals surface area contributed by atoms with Crippen molar-refractivity contribution < 1.29 is 9.21 Å². The molecule has 3 N–H and O–H groups in total. The van der Waals surface area contributed by atoms with Crippen LogP contribution in [0.3, 0.4) is 0 Å². The summed E-state index contributed by atoms with van der Waals surface area (Å²) < 4.78 is 6.04. The normalized spacial score (nSPS) is 12.1. The second-order valence-corrected chi connectivity index (χ2v) is 4.86. The molecule has 0 fully saturated rings. The van der Waals surface area contributed by atoms with Crippen LogP contribution in [0.15, 0.2) is 45.5 Å². The monoisotopic (exact) mass is 308 g/mol. The lowest BCUT2D eigenvalue weighted by Crippen LogP contribution is -2.27. The lowest BCUT2D eigenvalue weighted by atomic mass is 10.1. The van der Waals surface area contributed by atoms with E-state index in [1.54, 1.807) is 30.5 Å². The molecule has 0 aliphatic rings. The number of rotatable bonds is 3. The predicted octanol–water partition coefficient (Wildman–Crippen LogP) is 3.12. The van der Waals surface area contributed by atoms with E-state index in [-0.39, 0.29) is 11.9 Å². The van der Waals surface area contributed by atoms with Crippen LogP contribution in [0.4, 0.5) is 5.69 Å². The lowest BCUT2D eigenvalue weighted by Gasteiger charge is -2.12. The first-order chi connectivity index (χ1) is 8.58. The van der Waals surface area contributed by atoms with E-state index in [1.807, 2.05) is 13.0 Å². The van der Waals surface area contributed by atoms with E-state index in [1.165, 1.54) is 0 Å². The van der Waals surface area contributed by atoms with Crippen LogP contribution in [-0.4, -0.2) is 5.91 Å². The Hall–Kier alpha value is -1.75. The van der Waals surface area contributed by atoms with Gasteiger partial charge in [0.05, 0.1) is 17.9 Å². The van der Waals surface area contributed by atoms with Gasteiger partial charge < -0.3 is 15.5 Å². The Bertz CT molecular complexity index is 552. The molecular formula is C13H13BrN2O2. The van der Waals surface area contributed by atoms with Crippen LogP contribution in [0.5, 0.6) is 0 Å². The summed E-state index contributed by atoms with van der Waals surface area (Å²) in [6.45, 7) is 1.85. The van der Waals surface area contributed by atoms with Gasteiger partial charge in [0.2, 0.25) is 0 Å². The van der Waals surface area contributed by atoms with E-state index in [2.05, 4.69) is 21.2 Å². The topological polar surface area (TPSA) is 68.3 Å². The van der Waals surface area contributed by atoms with Crippen LogP contribution in [0.1, 0.15) is 29.1 Å². The summed E-state index contributed by atoms with van der Waals surface area (Å²) in [5, 5.41) is 2.83. The minimum Gasteiger partial charge on any atom is -0.467 e. The molecule has 4 nitrogen and oxygen atoms in total. The molecule has 94 valence electrons. The second kappa shape index (κ2) is 5.27. The van der Waals surface area contributed by atoms with Gasteiger partial charge >= 0.3 is 0 Å². The van der Waals surface area contributed by atoms with Crippen molar-refractivity contribution in [3.05, 3.63) is 52.4 Å². The summed E-state index contributed by atoms with van der Waals surface area (Å²) in [4.78, 5) is 12.1. The van der Waals surface area contributed by atoms with E-state index >= 15 is 0 Å². The van der Waals surface area contributed by atoms with E-state index in [9.17, 15) is 4.79 Å². The van der Waals surface area contributed by atoms with Gasteiger partial charge in [-0.2, -0.15) is 0 Å². The molecule has 0 saturated carbocycles. The van der Waals surface area contributed by atoms with Crippen molar-refractivity contribution >= 4 is 27.5 Å². The largest absolute Gasteiger partial charge is 0.467 e. The summed E-state index contributed by atoms with van der Waals surface area (Å²) >= 11 is 3.32. The fourth-order valence-corrected chi connectivity index (χ4v) is 1.97. The Balaban J connectivity index is 2.15. The Morgan fingerprint density at radius 2 is 2.22 bits per heavy atom. The van der Waals surface area contributed by atoms with Gasteiger partial charge in [0, 0.05) is 10.2 Å². The van der Waals surface area contributed by atoms with Crippen LogP contribution in [-0.2, 0) is 0 Å². The van der Waals surface area contributed by atoms with E-state index in [0.29, 0.717) is 17.0 Å². The number of nitrogens with two attached hydrogens (primary N) is 1. The van der Waals surface area contributed by atoms with Gasteiger partial charge in [0.1, 0.15) is 5.76 Å². The molecule has 0 spiro atoms. The number of hydrogen-bond donors (Lipinski definition) is 2. The zero-order chi connectivity index (χ0) is 13.1. The molecule has 0 aliphatic heterocycles. The summed E-state index contributed by atoms with van der Waals surface area (Å²) in [7, 11) is 0. The van der Waals surface area contributed by atoms with Crippen molar-refractivity contribution in [2.24, 2.45) is 0 Å². The summed E-state index contributed by atoms with van der Waals surface area (Å²) in [6.07, 6.45) is 1.57. The van der Waals surface area contributed by atoms with Gasteiger partial charge in [-0.15, -0.1) is 0 Å². The highest BCUT2D eigenvalue weighted by atomic mass is 79.9. The van der Waals surface area contributed by atoms with Crippen molar-refractivity contribution in [3.63, 3.8) is 0 Å². The number of carbonyl (C=O) groups is 1. The molecule has 0 radical (unpaired) electrons. The van der Waals surface area contributed by atoms with E-state index < -0.39 is 0 Å². The third kappa shape index (κ3) is 2.73. The lowest BCUT2D eigenvalue weighted by molar-refractivity contribution is 0.0936. The molecule has 1 heterocycles. The summed E-state index contributed by atoms with van der Waals surface area (Å²) in [5.41, 5.74) is 6.67. The third-order valence-corrected chi connectivity index (χ3v) is 3.07. The maximum Gasteiger partial charge on any atom is 0.253 e. The molecule has 1 aromatic heterocycles.